The number of carbonyl (C=O) groups excluding carboxylic acids is 3. The van der Waals surface area contributed by atoms with Crippen LogP contribution in [-0.2, 0) is 19.1 Å². The van der Waals surface area contributed by atoms with Crippen molar-refractivity contribution in [1.82, 2.24) is 30.7 Å². The van der Waals surface area contributed by atoms with Crippen molar-refractivity contribution in [3.63, 3.8) is 0 Å². The molecule has 0 bridgehead atoms. The third-order valence-corrected chi connectivity index (χ3v) is 11.4. The summed E-state index contributed by atoms with van der Waals surface area (Å²) >= 11 is 0. The van der Waals surface area contributed by atoms with Crippen LogP contribution in [0.3, 0.4) is 0 Å². The monoisotopic (exact) mass is 646 g/mol. The smallest absolute Gasteiger partial charge is 0.315 e. The number of aliphatic carboxylic acids is 1. The number of urea groups is 1. The summed E-state index contributed by atoms with van der Waals surface area (Å²) in [5.41, 5.74) is 0. The van der Waals surface area contributed by atoms with Gasteiger partial charge in [0, 0.05) is 69.9 Å². The second kappa shape index (κ2) is 17.1. The van der Waals surface area contributed by atoms with Crippen LogP contribution in [0.4, 0.5) is 4.79 Å². The van der Waals surface area contributed by atoms with Crippen molar-refractivity contribution in [2.45, 2.75) is 115 Å². The molecule has 4 N–H and O–H groups in total. The Hall–Kier alpha value is -2.44. The first-order chi connectivity index (χ1) is 22.2. The van der Waals surface area contributed by atoms with Gasteiger partial charge in [-0.15, -0.1) is 0 Å². The van der Waals surface area contributed by atoms with Crippen LogP contribution >= 0.6 is 0 Å². The molecule has 3 saturated carbocycles. The minimum atomic E-state index is -0.895. The molecule has 12 nitrogen and oxygen atoms in total. The van der Waals surface area contributed by atoms with E-state index in [1.165, 1.54) is 19.3 Å². The van der Waals surface area contributed by atoms with E-state index in [0.29, 0.717) is 31.3 Å². The molecule has 5 aliphatic rings. The van der Waals surface area contributed by atoms with E-state index < -0.39 is 5.97 Å². The largest absolute Gasteiger partial charge is 0.481 e. The molecule has 5 unspecified atom stereocenters. The van der Waals surface area contributed by atoms with Gasteiger partial charge in [0.2, 0.25) is 11.8 Å². The predicted octanol–water partition coefficient (Wildman–Crippen LogP) is 2.42. The number of ether oxygens (including phenoxy) is 1. The lowest BCUT2D eigenvalue weighted by atomic mass is 9.80. The topological polar surface area (TPSA) is 144 Å². The van der Waals surface area contributed by atoms with Gasteiger partial charge in [0.15, 0.2) is 0 Å². The molecule has 0 radical (unpaired) electrons. The molecule has 0 aromatic heterocycles. The highest BCUT2D eigenvalue weighted by atomic mass is 16.5. The summed E-state index contributed by atoms with van der Waals surface area (Å²) in [7, 11) is 0. The molecular formula is C34H58N6O6. The lowest BCUT2D eigenvalue weighted by Crippen LogP contribution is -2.51. The SMILES string of the molecule is CC1CCCCC1NC(=O)NC1CCC(CC(=O)NC2CCC3C(C2)CN(CCC(=O)O)C(=O)CN3CCN2CCOCC2)CC1. The molecule has 5 fully saturated rings. The van der Waals surface area contributed by atoms with E-state index in [1.54, 1.807) is 4.90 Å². The summed E-state index contributed by atoms with van der Waals surface area (Å²) in [6.07, 6.45) is 11.4. The Morgan fingerprint density at radius 1 is 0.870 bits per heavy atom. The molecule has 2 aliphatic heterocycles. The highest BCUT2D eigenvalue weighted by molar-refractivity contribution is 5.79. The second-order valence-corrected chi connectivity index (χ2v) is 14.7. The summed E-state index contributed by atoms with van der Waals surface area (Å²) in [6, 6.07) is 0.703. The number of fused-ring (bicyclic) bond motifs is 1. The zero-order valence-electron chi connectivity index (χ0n) is 27.9. The Kier molecular flexibility index (Phi) is 13.0. The van der Waals surface area contributed by atoms with E-state index in [4.69, 9.17) is 4.74 Å². The van der Waals surface area contributed by atoms with Crippen molar-refractivity contribution in [2.24, 2.45) is 17.8 Å². The van der Waals surface area contributed by atoms with Crippen LogP contribution in [-0.4, -0.2) is 127 Å². The summed E-state index contributed by atoms with van der Waals surface area (Å²) in [5, 5.41) is 19.0. The number of morpholine rings is 1. The predicted molar refractivity (Wildman–Crippen MR) is 174 cm³/mol. The van der Waals surface area contributed by atoms with Crippen LogP contribution in [0.1, 0.15) is 90.4 Å². The first-order valence-electron chi connectivity index (χ1n) is 18.1. The number of nitrogens with zero attached hydrogens (tertiary/aromatic N) is 3. The van der Waals surface area contributed by atoms with Crippen molar-refractivity contribution in [2.75, 3.05) is 59.0 Å². The molecule has 0 aromatic carbocycles. The summed E-state index contributed by atoms with van der Waals surface area (Å²) in [5.74, 6) is 0.254. The highest BCUT2D eigenvalue weighted by Gasteiger charge is 2.40. The van der Waals surface area contributed by atoms with Gasteiger partial charge in [-0.2, -0.15) is 0 Å². The fraction of sp³-hybridized carbons (Fsp3) is 0.882. The fourth-order valence-electron chi connectivity index (χ4n) is 8.60. The highest BCUT2D eigenvalue weighted by Crippen LogP contribution is 2.33. The third kappa shape index (κ3) is 10.3. The maximum absolute atomic E-state index is 13.3. The zero-order chi connectivity index (χ0) is 32.5. The Bertz CT molecular complexity index is 1030. The van der Waals surface area contributed by atoms with Gasteiger partial charge in [0.25, 0.3) is 0 Å². The van der Waals surface area contributed by atoms with Gasteiger partial charge < -0.3 is 30.7 Å². The summed E-state index contributed by atoms with van der Waals surface area (Å²) in [6.45, 7) is 8.29. The summed E-state index contributed by atoms with van der Waals surface area (Å²) < 4.78 is 5.49. The Morgan fingerprint density at radius 2 is 1.61 bits per heavy atom. The molecule has 5 rings (SSSR count). The molecule has 2 saturated heterocycles. The number of hydrogen-bond donors (Lipinski definition) is 4. The molecule has 5 atom stereocenters. The van der Waals surface area contributed by atoms with E-state index in [9.17, 15) is 24.3 Å². The lowest BCUT2D eigenvalue weighted by molar-refractivity contribution is -0.138. The zero-order valence-corrected chi connectivity index (χ0v) is 27.9. The van der Waals surface area contributed by atoms with Crippen molar-refractivity contribution in [3.8, 4) is 0 Å². The van der Waals surface area contributed by atoms with Gasteiger partial charge in [-0.05, 0) is 75.5 Å². The second-order valence-electron chi connectivity index (χ2n) is 14.7. The number of rotatable bonds is 11. The Balaban J connectivity index is 1.07. The first-order valence-corrected chi connectivity index (χ1v) is 18.1. The number of amides is 4. The van der Waals surface area contributed by atoms with Gasteiger partial charge >= 0.3 is 12.0 Å². The van der Waals surface area contributed by atoms with Gasteiger partial charge in [0.1, 0.15) is 0 Å². The lowest BCUT2D eigenvalue weighted by Gasteiger charge is -2.42. The van der Waals surface area contributed by atoms with Gasteiger partial charge in [-0.3, -0.25) is 24.2 Å². The molecular weight excluding hydrogens is 588 g/mol. The van der Waals surface area contributed by atoms with E-state index in [-0.39, 0.29) is 60.9 Å². The van der Waals surface area contributed by atoms with E-state index >= 15 is 0 Å². The number of carboxylic acid groups (broad SMARTS) is 1. The molecule has 3 aliphatic carbocycles. The van der Waals surface area contributed by atoms with Gasteiger partial charge in [0.05, 0.1) is 26.2 Å². The maximum atomic E-state index is 13.3. The number of carboxylic acids is 1. The molecule has 2 heterocycles. The Morgan fingerprint density at radius 3 is 2.35 bits per heavy atom. The van der Waals surface area contributed by atoms with Crippen LogP contribution in [0.2, 0.25) is 0 Å². The van der Waals surface area contributed by atoms with Crippen LogP contribution in [0.5, 0.6) is 0 Å². The van der Waals surface area contributed by atoms with Crippen molar-refractivity contribution in [1.29, 1.82) is 0 Å². The van der Waals surface area contributed by atoms with Gasteiger partial charge in [-0.1, -0.05) is 19.8 Å². The van der Waals surface area contributed by atoms with E-state index in [2.05, 4.69) is 32.7 Å². The minimum absolute atomic E-state index is 0.00401. The average Bonchev–Trinajstić information content (AvgIpc) is 3.16. The van der Waals surface area contributed by atoms with Crippen LogP contribution in [0, 0.1) is 17.8 Å². The average molecular weight is 647 g/mol. The standard InChI is InChI=1S/C34H58N6O6/c1-24-4-2-3-5-29(24)37-34(45)36-27-8-6-25(7-9-27)20-31(41)35-28-10-11-30-26(21-28)22-40(13-12-33(43)44)32(42)23-39(30)15-14-38-16-18-46-19-17-38/h24-30H,2-23H2,1H3,(H,35,41)(H,43,44)(H2,36,37,45). The molecule has 260 valence electrons. The molecule has 4 amide bonds. The van der Waals surface area contributed by atoms with Crippen LogP contribution in [0.25, 0.3) is 0 Å². The summed E-state index contributed by atoms with van der Waals surface area (Å²) in [4.78, 5) is 56.8. The van der Waals surface area contributed by atoms with E-state index in [1.807, 2.05) is 0 Å². The van der Waals surface area contributed by atoms with Crippen molar-refractivity contribution >= 4 is 23.8 Å². The number of carbonyl (C=O) groups is 4. The Labute approximate surface area is 274 Å². The van der Waals surface area contributed by atoms with Crippen molar-refractivity contribution < 1.29 is 29.0 Å². The molecule has 0 aromatic rings. The maximum Gasteiger partial charge on any atom is 0.315 e. The van der Waals surface area contributed by atoms with Crippen LogP contribution < -0.4 is 16.0 Å². The fourth-order valence-corrected chi connectivity index (χ4v) is 8.60. The molecule has 46 heavy (non-hydrogen) atoms. The van der Waals surface area contributed by atoms with Crippen molar-refractivity contribution in [3.05, 3.63) is 0 Å². The molecule has 0 spiro atoms. The first kappa shape index (κ1) is 34.9. The number of nitrogens with one attached hydrogen (secondary N) is 3. The minimum Gasteiger partial charge on any atom is -0.481 e. The normalized spacial score (nSPS) is 33.0. The third-order valence-electron chi connectivity index (χ3n) is 11.4. The van der Waals surface area contributed by atoms with E-state index in [0.717, 1.165) is 90.8 Å². The number of hydrogen-bond acceptors (Lipinski definition) is 7. The quantitative estimate of drug-likeness (QED) is 0.268. The molecule has 12 heteroatoms. The van der Waals surface area contributed by atoms with Crippen LogP contribution in [0.15, 0.2) is 0 Å². The van der Waals surface area contributed by atoms with Gasteiger partial charge in [-0.25, -0.2) is 4.79 Å².